The van der Waals surface area contributed by atoms with Gasteiger partial charge in [0.25, 0.3) is 0 Å². The van der Waals surface area contributed by atoms with Crippen LogP contribution in [-0.4, -0.2) is 33.4 Å². The molecule has 5 rings (SSSR count). The number of hydrogen-bond acceptors (Lipinski definition) is 4. The van der Waals surface area contributed by atoms with E-state index >= 15 is 0 Å². The molecule has 4 aromatic rings. The molecule has 0 radical (unpaired) electrons. The van der Waals surface area contributed by atoms with Crippen LogP contribution in [0.4, 0.5) is 17.6 Å². The second-order valence-corrected chi connectivity index (χ2v) is 12.7. The summed E-state index contributed by atoms with van der Waals surface area (Å²) >= 11 is 0. The summed E-state index contributed by atoms with van der Waals surface area (Å²) in [6.45, 7) is 9.17. The summed E-state index contributed by atoms with van der Waals surface area (Å²) in [7, 11) is 0. The van der Waals surface area contributed by atoms with Gasteiger partial charge >= 0.3 is 6.18 Å². The molecule has 1 aliphatic rings. The molecule has 9 heteroatoms. The van der Waals surface area contributed by atoms with E-state index < -0.39 is 29.5 Å². The van der Waals surface area contributed by atoms with Crippen molar-refractivity contribution in [2.24, 2.45) is 22.7 Å². The third kappa shape index (κ3) is 7.14. The molecular weight excluding hydrogens is 606 g/mol. The lowest BCUT2D eigenvalue weighted by Gasteiger charge is -2.23. The van der Waals surface area contributed by atoms with E-state index in [1.807, 2.05) is 45.0 Å². The Balaban J connectivity index is 1.45. The normalized spacial score (nSPS) is 17.6. The molecule has 5 nitrogen and oxygen atoms in total. The van der Waals surface area contributed by atoms with Gasteiger partial charge in [-0.15, -0.1) is 0 Å². The lowest BCUT2D eigenvalue weighted by Crippen LogP contribution is -2.28. The van der Waals surface area contributed by atoms with Crippen LogP contribution >= 0.6 is 0 Å². The highest BCUT2D eigenvalue weighted by Crippen LogP contribution is 2.38. The predicted octanol–water partition coefficient (Wildman–Crippen LogP) is 9.62. The van der Waals surface area contributed by atoms with Crippen molar-refractivity contribution in [3.8, 4) is 0 Å². The van der Waals surface area contributed by atoms with Crippen molar-refractivity contribution in [2.45, 2.75) is 72.4 Å². The molecule has 0 amide bonds. The minimum Gasteiger partial charge on any atom is -0.345 e. The standard InChI is InChI=1S/C38H39F4N3O2/c1-6-25(35(47)32-20-44-37-30(32)8-7-17-43-37)18-28-19-27(11-9-21(28)2)23(4)24(5)34(46)31-16-10-22(3)36(38(40,41)42)45-33(31)26-12-14-29(39)15-13-26/h7-9,11-15,17,19-20,22-25H,6,10,16,18H2,1-5H3,(H,43,44). The van der Waals surface area contributed by atoms with Crippen molar-refractivity contribution in [1.82, 2.24) is 9.97 Å². The van der Waals surface area contributed by atoms with Gasteiger partial charge in [0, 0.05) is 52.2 Å². The number of benzene rings is 2. The quantitative estimate of drug-likeness (QED) is 0.138. The fraction of sp³-hybridized carbons (Fsp3) is 0.368. The Kier molecular flexibility index (Phi) is 9.94. The van der Waals surface area contributed by atoms with Crippen LogP contribution < -0.4 is 0 Å². The van der Waals surface area contributed by atoms with E-state index in [0.717, 1.165) is 34.2 Å². The van der Waals surface area contributed by atoms with Gasteiger partial charge in [-0.25, -0.2) is 14.4 Å². The van der Waals surface area contributed by atoms with Crippen LogP contribution in [0.1, 0.15) is 85.5 Å². The number of aromatic amines is 1. The van der Waals surface area contributed by atoms with Gasteiger partial charge in [0.05, 0.1) is 5.70 Å². The SMILES string of the molecule is CCC(Cc1cc(C(C)C(C)C(=O)C2=C(c3ccc(F)cc3)N=C(C(F)(F)F)C(C)CC2)ccc1C)C(=O)c1c[nH]c2ncccc12. The van der Waals surface area contributed by atoms with E-state index in [0.29, 0.717) is 24.1 Å². The number of Topliss-reactive ketones (excluding diaryl/α,β-unsaturated/α-hetero) is 2. The lowest BCUT2D eigenvalue weighted by molar-refractivity contribution is -0.119. The van der Waals surface area contributed by atoms with Gasteiger partial charge in [-0.2, -0.15) is 13.2 Å². The monoisotopic (exact) mass is 645 g/mol. The number of carbonyl (C=O) groups is 2. The number of alkyl halides is 3. The summed E-state index contributed by atoms with van der Waals surface area (Å²) in [4.78, 5) is 39.3. The number of fused-ring (bicyclic) bond motifs is 1. The van der Waals surface area contributed by atoms with Gasteiger partial charge in [0.1, 0.15) is 17.2 Å². The first kappa shape index (κ1) is 33.9. The number of allylic oxidation sites excluding steroid dienone is 1. The molecule has 2 aromatic heterocycles. The molecule has 4 atom stereocenters. The largest absolute Gasteiger partial charge is 0.429 e. The van der Waals surface area contributed by atoms with Gasteiger partial charge in [-0.05, 0) is 91.6 Å². The number of rotatable bonds is 10. The second kappa shape index (κ2) is 13.8. The Bertz CT molecular complexity index is 1850. The Labute approximate surface area is 272 Å². The van der Waals surface area contributed by atoms with E-state index in [9.17, 15) is 27.2 Å². The first-order valence-corrected chi connectivity index (χ1v) is 16.0. The molecule has 2 aromatic carbocycles. The molecule has 0 aliphatic carbocycles. The van der Waals surface area contributed by atoms with Gasteiger partial charge < -0.3 is 4.98 Å². The zero-order valence-corrected chi connectivity index (χ0v) is 27.2. The molecule has 3 heterocycles. The van der Waals surface area contributed by atoms with Crippen LogP contribution in [-0.2, 0) is 11.2 Å². The van der Waals surface area contributed by atoms with Crippen LogP contribution in [0.3, 0.4) is 0 Å². The maximum Gasteiger partial charge on any atom is 0.429 e. The number of aliphatic imine (C=N–C) groups is 1. The highest BCUT2D eigenvalue weighted by atomic mass is 19.4. The van der Waals surface area contributed by atoms with Gasteiger partial charge in [-0.3, -0.25) is 9.59 Å². The third-order valence-corrected chi connectivity index (χ3v) is 9.63. The van der Waals surface area contributed by atoms with Crippen LogP contribution in [0, 0.1) is 30.5 Å². The maximum absolute atomic E-state index is 14.1. The fourth-order valence-corrected chi connectivity index (χ4v) is 6.40. The highest BCUT2D eigenvalue weighted by molar-refractivity contribution is 6.08. The summed E-state index contributed by atoms with van der Waals surface area (Å²) < 4.78 is 55.8. The van der Waals surface area contributed by atoms with Crippen LogP contribution in [0.5, 0.6) is 0 Å². The Hall–Kier alpha value is -4.40. The summed E-state index contributed by atoms with van der Waals surface area (Å²) in [5, 5.41) is 0.788. The molecule has 0 saturated carbocycles. The Morgan fingerprint density at radius 1 is 1.04 bits per heavy atom. The van der Waals surface area contributed by atoms with Crippen LogP contribution in [0.15, 0.2) is 77.6 Å². The Morgan fingerprint density at radius 2 is 1.77 bits per heavy atom. The van der Waals surface area contributed by atoms with E-state index in [-0.39, 0.29) is 53.1 Å². The number of nitrogens with zero attached hydrogens (tertiary/aromatic N) is 2. The Morgan fingerprint density at radius 3 is 2.45 bits per heavy atom. The molecule has 1 aliphatic heterocycles. The fourth-order valence-electron chi connectivity index (χ4n) is 6.40. The highest BCUT2D eigenvalue weighted by Gasteiger charge is 2.41. The molecule has 0 bridgehead atoms. The predicted molar refractivity (Wildman–Crippen MR) is 177 cm³/mol. The van der Waals surface area contributed by atoms with Crippen LogP contribution in [0.2, 0.25) is 0 Å². The van der Waals surface area contributed by atoms with Crippen LogP contribution in [0.25, 0.3) is 16.7 Å². The maximum atomic E-state index is 14.1. The molecule has 47 heavy (non-hydrogen) atoms. The zero-order valence-electron chi connectivity index (χ0n) is 27.2. The van der Waals surface area contributed by atoms with Gasteiger partial charge in [0.2, 0.25) is 0 Å². The van der Waals surface area contributed by atoms with Crippen molar-refractivity contribution >= 4 is 34.0 Å². The van der Waals surface area contributed by atoms with Crippen molar-refractivity contribution in [3.63, 3.8) is 0 Å². The first-order valence-electron chi connectivity index (χ1n) is 16.0. The lowest BCUT2D eigenvalue weighted by atomic mass is 9.80. The molecule has 0 fully saturated rings. The molecule has 4 unspecified atom stereocenters. The van der Waals surface area contributed by atoms with Gasteiger partial charge in [0.15, 0.2) is 11.6 Å². The van der Waals surface area contributed by atoms with Crippen molar-refractivity contribution in [2.75, 3.05) is 0 Å². The molecule has 1 N–H and O–H groups in total. The average Bonchev–Trinajstić information content (AvgIpc) is 3.40. The summed E-state index contributed by atoms with van der Waals surface area (Å²) in [5.41, 5.74) is 3.71. The molecule has 246 valence electrons. The zero-order chi connectivity index (χ0) is 34.0. The van der Waals surface area contributed by atoms with Crippen molar-refractivity contribution in [3.05, 3.63) is 106 Å². The smallest absolute Gasteiger partial charge is 0.345 e. The number of pyridine rings is 1. The molecule has 0 saturated heterocycles. The number of halogens is 4. The van der Waals surface area contributed by atoms with Gasteiger partial charge in [-0.1, -0.05) is 45.9 Å². The number of nitrogens with one attached hydrogen (secondary N) is 1. The molecule has 0 spiro atoms. The number of ketones is 2. The topological polar surface area (TPSA) is 75.2 Å². The number of carbonyl (C=O) groups excluding carboxylic acids is 2. The second-order valence-electron chi connectivity index (χ2n) is 12.7. The third-order valence-electron chi connectivity index (χ3n) is 9.63. The van der Waals surface area contributed by atoms with Crippen molar-refractivity contribution in [1.29, 1.82) is 0 Å². The minimum atomic E-state index is -4.66. The number of aryl methyl sites for hydroxylation is 1. The first-order chi connectivity index (χ1) is 22.3. The number of aromatic nitrogens is 2. The average molecular weight is 646 g/mol. The number of H-pyrrole nitrogens is 1. The number of hydrogen-bond donors (Lipinski definition) is 1. The van der Waals surface area contributed by atoms with E-state index in [1.165, 1.54) is 19.1 Å². The molecular formula is C38H39F4N3O2. The summed E-state index contributed by atoms with van der Waals surface area (Å²) in [5.74, 6) is -2.83. The van der Waals surface area contributed by atoms with E-state index in [4.69, 9.17) is 0 Å². The summed E-state index contributed by atoms with van der Waals surface area (Å²) in [6, 6.07) is 14.7. The van der Waals surface area contributed by atoms with E-state index in [2.05, 4.69) is 15.0 Å². The summed E-state index contributed by atoms with van der Waals surface area (Å²) in [6.07, 6.45) is 0.113. The van der Waals surface area contributed by atoms with Crippen molar-refractivity contribution < 1.29 is 27.2 Å². The minimum absolute atomic E-state index is 0.0368. The van der Waals surface area contributed by atoms with E-state index in [1.54, 1.807) is 25.4 Å².